The van der Waals surface area contributed by atoms with Crippen molar-refractivity contribution in [3.63, 3.8) is 0 Å². The van der Waals surface area contributed by atoms with Gasteiger partial charge < -0.3 is 0 Å². The van der Waals surface area contributed by atoms with Gasteiger partial charge in [0.1, 0.15) is 0 Å². The summed E-state index contributed by atoms with van der Waals surface area (Å²) in [6, 6.07) is 0. The van der Waals surface area contributed by atoms with E-state index in [1.54, 1.807) is 0 Å². The quantitative estimate of drug-likeness (QED) is 0.597. The fourth-order valence-electron chi connectivity index (χ4n) is 1.32. The van der Waals surface area contributed by atoms with Crippen molar-refractivity contribution in [3.05, 3.63) is 36.0 Å². The summed E-state index contributed by atoms with van der Waals surface area (Å²) in [4.78, 5) is 2.45. The molecule has 0 N–H and O–H groups in total. The van der Waals surface area contributed by atoms with Crippen molar-refractivity contribution < 1.29 is 0 Å². The average molecular weight is 177 g/mol. The first-order valence-corrected chi connectivity index (χ1v) is 4.94. The number of likely N-dealkylation sites (tertiary alicyclic amines) is 1. The minimum Gasteiger partial charge on any atom is -0.299 e. The number of hydrogen-bond donors (Lipinski definition) is 0. The van der Waals surface area contributed by atoms with Crippen LogP contribution in [0, 0.1) is 0 Å². The Morgan fingerprint density at radius 1 is 1.46 bits per heavy atom. The SMILES string of the molecule is C=C(C)/C(=C\C=C/C)CN1CCC1. The van der Waals surface area contributed by atoms with Gasteiger partial charge in [0.05, 0.1) is 0 Å². The van der Waals surface area contributed by atoms with Crippen LogP contribution in [0.4, 0.5) is 0 Å². The molecular formula is C12H19N. The van der Waals surface area contributed by atoms with Crippen LogP contribution in [0.3, 0.4) is 0 Å². The zero-order valence-electron chi connectivity index (χ0n) is 8.71. The fraction of sp³-hybridized carbons (Fsp3) is 0.500. The maximum absolute atomic E-state index is 3.99. The Balaban J connectivity index is 2.50. The van der Waals surface area contributed by atoms with Gasteiger partial charge in [-0.1, -0.05) is 30.4 Å². The van der Waals surface area contributed by atoms with E-state index in [2.05, 4.69) is 36.6 Å². The summed E-state index contributed by atoms with van der Waals surface area (Å²) in [7, 11) is 0. The molecule has 1 fully saturated rings. The molecule has 0 atom stereocenters. The average Bonchev–Trinajstić information content (AvgIpc) is 2.01. The molecule has 1 rings (SSSR count). The molecule has 0 aromatic carbocycles. The second-order valence-electron chi connectivity index (χ2n) is 3.63. The van der Waals surface area contributed by atoms with Gasteiger partial charge >= 0.3 is 0 Å². The molecule has 0 saturated carbocycles. The zero-order valence-corrected chi connectivity index (χ0v) is 8.71. The van der Waals surface area contributed by atoms with Crippen LogP contribution in [-0.4, -0.2) is 24.5 Å². The summed E-state index contributed by atoms with van der Waals surface area (Å²) in [5, 5.41) is 0. The molecule has 72 valence electrons. The Morgan fingerprint density at radius 2 is 2.15 bits per heavy atom. The van der Waals surface area contributed by atoms with Gasteiger partial charge in [0.25, 0.3) is 0 Å². The Labute approximate surface area is 81.4 Å². The Bertz CT molecular complexity index is 232. The van der Waals surface area contributed by atoms with Gasteiger partial charge in [-0.05, 0) is 38.9 Å². The standard InChI is InChI=1S/C12H19N/c1-4-5-7-12(11(2)3)10-13-8-6-9-13/h4-5,7H,2,6,8-10H2,1,3H3/b5-4-,12-7-. The van der Waals surface area contributed by atoms with Crippen LogP contribution in [0.25, 0.3) is 0 Å². The van der Waals surface area contributed by atoms with Crippen molar-refractivity contribution in [2.24, 2.45) is 0 Å². The first-order chi connectivity index (χ1) is 6.24. The lowest BCUT2D eigenvalue weighted by molar-refractivity contribution is 0.199. The predicted octanol–water partition coefficient (Wildman–Crippen LogP) is 2.77. The van der Waals surface area contributed by atoms with Gasteiger partial charge in [-0.25, -0.2) is 0 Å². The van der Waals surface area contributed by atoms with Crippen molar-refractivity contribution in [1.29, 1.82) is 0 Å². The number of hydrogen-bond acceptors (Lipinski definition) is 1. The molecule has 0 bridgehead atoms. The van der Waals surface area contributed by atoms with Crippen LogP contribution >= 0.6 is 0 Å². The van der Waals surface area contributed by atoms with Gasteiger partial charge in [0, 0.05) is 6.54 Å². The fourth-order valence-corrected chi connectivity index (χ4v) is 1.32. The summed E-state index contributed by atoms with van der Waals surface area (Å²) in [6.45, 7) is 11.7. The first-order valence-electron chi connectivity index (χ1n) is 4.94. The maximum Gasteiger partial charge on any atom is 0.0236 e. The first kappa shape index (κ1) is 10.3. The van der Waals surface area contributed by atoms with Crippen molar-refractivity contribution in [1.82, 2.24) is 4.90 Å². The van der Waals surface area contributed by atoms with E-state index in [4.69, 9.17) is 0 Å². The monoisotopic (exact) mass is 177 g/mol. The van der Waals surface area contributed by atoms with Gasteiger partial charge in [0.2, 0.25) is 0 Å². The molecule has 1 aliphatic rings. The minimum absolute atomic E-state index is 1.07. The number of nitrogens with zero attached hydrogens (tertiary/aromatic N) is 1. The summed E-state index contributed by atoms with van der Waals surface area (Å²) in [5.41, 5.74) is 2.54. The van der Waals surface area contributed by atoms with E-state index in [-0.39, 0.29) is 0 Å². The van der Waals surface area contributed by atoms with Crippen molar-refractivity contribution >= 4 is 0 Å². The smallest absolute Gasteiger partial charge is 0.0236 e. The van der Waals surface area contributed by atoms with Crippen LogP contribution in [-0.2, 0) is 0 Å². The van der Waals surface area contributed by atoms with Crippen LogP contribution < -0.4 is 0 Å². The lowest BCUT2D eigenvalue weighted by Crippen LogP contribution is -2.38. The van der Waals surface area contributed by atoms with Crippen LogP contribution in [0.15, 0.2) is 36.0 Å². The third kappa shape index (κ3) is 3.19. The molecule has 0 radical (unpaired) electrons. The highest BCUT2D eigenvalue weighted by atomic mass is 15.2. The molecule has 1 saturated heterocycles. The molecule has 0 aromatic rings. The predicted molar refractivity (Wildman–Crippen MR) is 58.8 cm³/mol. The molecular weight excluding hydrogens is 158 g/mol. The highest BCUT2D eigenvalue weighted by Gasteiger charge is 2.14. The second-order valence-corrected chi connectivity index (χ2v) is 3.63. The van der Waals surface area contributed by atoms with E-state index in [9.17, 15) is 0 Å². The second kappa shape index (κ2) is 5.03. The van der Waals surface area contributed by atoms with Gasteiger partial charge in [-0.15, -0.1) is 0 Å². The number of rotatable bonds is 4. The van der Waals surface area contributed by atoms with Gasteiger partial charge in [-0.2, -0.15) is 0 Å². The Morgan fingerprint density at radius 3 is 2.54 bits per heavy atom. The van der Waals surface area contributed by atoms with E-state index in [0.29, 0.717) is 0 Å². The van der Waals surface area contributed by atoms with Gasteiger partial charge in [-0.3, -0.25) is 4.90 Å². The Hall–Kier alpha value is -0.820. The molecule has 1 heteroatoms. The highest BCUT2D eigenvalue weighted by molar-refractivity contribution is 5.31. The zero-order chi connectivity index (χ0) is 9.68. The van der Waals surface area contributed by atoms with E-state index in [1.165, 1.54) is 30.7 Å². The maximum atomic E-state index is 3.99. The molecule has 0 spiro atoms. The molecule has 1 nitrogen and oxygen atoms in total. The topological polar surface area (TPSA) is 3.24 Å². The van der Waals surface area contributed by atoms with Crippen molar-refractivity contribution in [3.8, 4) is 0 Å². The summed E-state index contributed by atoms with van der Waals surface area (Å²) in [5.74, 6) is 0. The van der Waals surface area contributed by atoms with Crippen LogP contribution in [0.1, 0.15) is 20.3 Å². The Kier molecular flexibility index (Phi) is 3.97. The van der Waals surface area contributed by atoms with E-state index in [1.807, 2.05) is 6.92 Å². The third-order valence-corrected chi connectivity index (χ3v) is 2.38. The minimum atomic E-state index is 1.07. The normalized spacial score (nSPS) is 19.1. The lowest BCUT2D eigenvalue weighted by Gasteiger charge is -2.31. The van der Waals surface area contributed by atoms with Crippen molar-refractivity contribution in [2.45, 2.75) is 20.3 Å². The molecule has 0 amide bonds. The summed E-state index contributed by atoms with van der Waals surface area (Å²) < 4.78 is 0. The lowest BCUT2D eigenvalue weighted by atomic mass is 10.1. The summed E-state index contributed by atoms with van der Waals surface area (Å²) in [6.07, 6.45) is 7.66. The van der Waals surface area contributed by atoms with E-state index >= 15 is 0 Å². The third-order valence-electron chi connectivity index (χ3n) is 2.38. The molecule has 1 heterocycles. The van der Waals surface area contributed by atoms with Crippen molar-refractivity contribution in [2.75, 3.05) is 19.6 Å². The van der Waals surface area contributed by atoms with Crippen LogP contribution in [0.5, 0.6) is 0 Å². The van der Waals surface area contributed by atoms with Gasteiger partial charge in [0.15, 0.2) is 0 Å². The molecule has 0 aliphatic carbocycles. The highest BCUT2D eigenvalue weighted by Crippen LogP contribution is 2.14. The molecule has 0 aromatic heterocycles. The van der Waals surface area contributed by atoms with E-state index in [0.717, 1.165) is 6.54 Å². The van der Waals surface area contributed by atoms with Crippen LogP contribution in [0.2, 0.25) is 0 Å². The molecule has 1 aliphatic heterocycles. The largest absolute Gasteiger partial charge is 0.299 e. The summed E-state index contributed by atoms with van der Waals surface area (Å²) >= 11 is 0. The number of allylic oxidation sites excluding steroid dienone is 3. The van der Waals surface area contributed by atoms with E-state index < -0.39 is 0 Å². The molecule has 13 heavy (non-hydrogen) atoms. The molecule has 0 unspecified atom stereocenters.